The van der Waals surface area contributed by atoms with Crippen molar-refractivity contribution in [3.05, 3.63) is 36.4 Å². The van der Waals surface area contributed by atoms with Crippen LogP contribution in [0.2, 0.25) is 0 Å². The van der Waals surface area contributed by atoms with Gasteiger partial charge in [-0.15, -0.1) is 11.8 Å². The molecule has 0 saturated carbocycles. The maximum absolute atomic E-state index is 12.5. The van der Waals surface area contributed by atoms with E-state index in [1.165, 1.54) is 4.90 Å². The van der Waals surface area contributed by atoms with E-state index in [1.54, 1.807) is 11.8 Å². The number of hydrogen-bond acceptors (Lipinski definition) is 3. The molecule has 1 aliphatic heterocycles. The monoisotopic (exact) mass is 273 g/mol. The lowest BCUT2D eigenvalue weighted by Gasteiger charge is -2.17. The number of thioether (sulfide) groups is 1. The van der Waals surface area contributed by atoms with Crippen LogP contribution in [0.15, 0.2) is 41.3 Å². The summed E-state index contributed by atoms with van der Waals surface area (Å²) in [4.78, 5) is 27.3. The largest absolute Gasteiger partial charge is 0.274 e. The molecule has 2 atom stereocenters. The van der Waals surface area contributed by atoms with Crippen molar-refractivity contribution in [2.24, 2.45) is 11.8 Å². The number of carbonyl (C=O) groups is 2. The Morgan fingerprint density at radius 2 is 1.63 bits per heavy atom. The number of carbonyl (C=O) groups excluding carboxylic acids is 2. The lowest BCUT2D eigenvalue weighted by atomic mass is 9.85. The first-order valence-corrected chi connectivity index (χ1v) is 7.62. The number of anilines is 1. The molecular formula is C15H15NO2S. The Hall–Kier alpha value is -1.55. The van der Waals surface area contributed by atoms with Gasteiger partial charge in [0.15, 0.2) is 0 Å². The van der Waals surface area contributed by atoms with Crippen molar-refractivity contribution in [2.75, 3.05) is 11.2 Å². The Kier molecular flexibility index (Phi) is 3.19. The lowest BCUT2D eigenvalue weighted by molar-refractivity contribution is -0.122. The van der Waals surface area contributed by atoms with Crippen LogP contribution in [0.4, 0.5) is 5.69 Å². The van der Waals surface area contributed by atoms with Gasteiger partial charge < -0.3 is 0 Å². The third-order valence-corrected chi connectivity index (χ3v) is 4.62. The summed E-state index contributed by atoms with van der Waals surface area (Å²) in [5, 5.41) is 0. The zero-order valence-electron chi connectivity index (χ0n) is 10.7. The first-order chi connectivity index (χ1) is 9.24. The summed E-state index contributed by atoms with van der Waals surface area (Å²) in [6, 6.07) is 7.60. The topological polar surface area (TPSA) is 37.4 Å². The predicted octanol–water partition coefficient (Wildman–Crippen LogP) is 2.86. The van der Waals surface area contributed by atoms with E-state index in [9.17, 15) is 9.59 Å². The Bertz CT molecular complexity index is 541. The number of nitrogens with zero attached hydrogens (tertiary/aromatic N) is 1. The Balaban J connectivity index is 2.02. The van der Waals surface area contributed by atoms with Crippen molar-refractivity contribution in [1.82, 2.24) is 0 Å². The fourth-order valence-electron chi connectivity index (χ4n) is 2.85. The standard InChI is InChI=1S/C15H15NO2S/c1-19-13-9-5-4-8-12(13)16-14(17)10-6-2-3-7-11(10)15(16)18/h2-5,8-11H,6-7H2,1H3/t10-,11-/m0/s1. The van der Waals surface area contributed by atoms with Gasteiger partial charge in [0.05, 0.1) is 17.5 Å². The molecular weight excluding hydrogens is 258 g/mol. The molecule has 98 valence electrons. The summed E-state index contributed by atoms with van der Waals surface area (Å²) < 4.78 is 0. The molecule has 0 spiro atoms. The number of benzene rings is 1. The van der Waals surface area contributed by atoms with Gasteiger partial charge in [-0.05, 0) is 31.2 Å². The molecule has 2 aliphatic rings. The Morgan fingerprint density at radius 1 is 1.05 bits per heavy atom. The van der Waals surface area contributed by atoms with Crippen LogP contribution in [-0.4, -0.2) is 18.1 Å². The normalized spacial score (nSPS) is 25.8. The van der Waals surface area contributed by atoms with Crippen molar-refractivity contribution >= 4 is 29.3 Å². The average Bonchev–Trinajstić information content (AvgIpc) is 2.71. The van der Waals surface area contributed by atoms with E-state index in [2.05, 4.69) is 0 Å². The second kappa shape index (κ2) is 4.85. The summed E-state index contributed by atoms with van der Waals surface area (Å²) in [5.41, 5.74) is 0.736. The number of imide groups is 1. The van der Waals surface area contributed by atoms with Crippen LogP contribution in [0.25, 0.3) is 0 Å². The predicted molar refractivity (Wildman–Crippen MR) is 76.1 cm³/mol. The zero-order chi connectivity index (χ0) is 13.4. The number of rotatable bonds is 2. The summed E-state index contributed by atoms with van der Waals surface area (Å²) in [5.74, 6) is -0.401. The summed E-state index contributed by atoms with van der Waals surface area (Å²) in [6.45, 7) is 0. The van der Waals surface area contributed by atoms with Gasteiger partial charge in [0.1, 0.15) is 0 Å². The average molecular weight is 273 g/mol. The Labute approximate surface area is 116 Å². The van der Waals surface area contributed by atoms with E-state index in [1.807, 2.05) is 42.7 Å². The van der Waals surface area contributed by atoms with Crippen LogP contribution in [0, 0.1) is 11.8 Å². The summed E-state index contributed by atoms with van der Waals surface area (Å²) >= 11 is 1.56. The molecule has 0 N–H and O–H groups in total. The summed E-state index contributed by atoms with van der Waals surface area (Å²) in [6.07, 6.45) is 7.35. The van der Waals surface area contributed by atoms with Gasteiger partial charge in [0.2, 0.25) is 11.8 Å². The molecule has 0 radical (unpaired) electrons. The first-order valence-electron chi connectivity index (χ1n) is 6.40. The van der Waals surface area contributed by atoms with Crippen molar-refractivity contribution in [1.29, 1.82) is 0 Å². The first kappa shape index (κ1) is 12.5. The highest BCUT2D eigenvalue weighted by Gasteiger charge is 2.48. The fourth-order valence-corrected chi connectivity index (χ4v) is 3.44. The smallest absolute Gasteiger partial charge is 0.238 e. The van der Waals surface area contributed by atoms with Crippen LogP contribution >= 0.6 is 11.8 Å². The van der Waals surface area contributed by atoms with Gasteiger partial charge in [0, 0.05) is 4.90 Å². The fraction of sp³-hybridized carbons (Fsp3) is 0.333. The van der Waals surface area contributed by atoms with Gasteiger partial charge in [-0.1, -0.05) is 24.3 Å². The number of fused-ring (bicyclic) bond motifs is 1. The highest BCUT2D eigenvalue weighted by atomic mass is 32.2. The molecule has 1 fully saturated rings. The molecule has 1 heterocycles. The van der Waals surface area contributed by atoms with Crippen molar-refractivity contribution in [3.63, 3.8) is 0 Å². The minimum atomic E-state index is -0.160. The van der Waals surface area contributed by atoms with E-state index >= 15 is 0 Å². The van der Waals surface area contributed by atoms with Crippen molar-refractivity contribution in [3.8, 4) is 0 Å². The van der Waals surface area contributed by atoms with Crippen molar-refractivity contribution in [2.45, 2.75) is 17.7 Å². The second-order valence-corrected chi connectivity index (χ2v) is 5.69. The minimum Gasteiger partial charge on any atom is -0.274 e. The molecule has 1 saturated heterocycles. The molecule has 3 nitrogen and oxygen atoms in total. The maximum atomic E-state index is 12.5. The highest BCUT2D eigenvalue weighted by molar-refractivity contribution is 7.98. The maximum Gasteiger partial charge on any atom is 0.238 e. The summed E-state index contributed by atoms with van der Waals surface area (Å²) in [7, 11) is 0. The third-order valence-electron chi connectivity index (χ3n) is 3.83. The number of para-hydroxylation sites is 1. The second-order valence-electron chi connectivity index (χ2n) is 4.84. The highest BCUT2D eigenvalue weighted by Crippen LogP contribution is 2.40. The SMILES string of the molecule is CSc1ccccc1N1C(=O)[C@H]2CC=CC[C@@H]2C1=O. The van der Waals surface area contributed by atoms with Gasteiger partial charge in [-0.25, -0.2) is 4.90 Å². The molecule has 2 amide bonds. The molecule has 0 bridgehead atoms. The van der Waals surface area contributed by atoms with Crippen molar-refractivity contribution < 1.29 is 9.59 Å². The molecule has 4 heteroatoms. The van der Waals surface area contributed by atoms with E-state index in [-0.39, 0.29) is 23.7 Å². The third kappa shape index (κ3) is 1.91. The molecule has 1 aliphatic carbocycles. The van der Waals surface area contributed by atoms with Crippen LogP contribution in [0.5, 0.6) is 0 Å². The van der Waals surface area contributed by atoms with Crippen LogP contribution in [0.3, 0.4) is 0 Å². The van der Waals surface area contributed by atoms with Crippen LogP contribution < -0.4 is 4.90 Å². The van der Waals surface area contributed by atoms with Gasteiger partial charge >= 0.3 is 0 Å². The number of allylic oxidation sites excluding steroid dienone is 2. The van der Waals surface area contributed by atoms with E-state index in [4.69, 9.17) is 0 Å². The van der Waals surface area contributed by atoms with E-state index in [0.717, 1.165) is 10.6 Å². The molecule has 1 aromatic carbocycles. The molecule has 0 aromatic heterocycles. The van der Waals surface area contributed by atoms with E-state index < -0.39 is 0 Å². The van der Waals surface area contributed by atoms with Crippen LogP contribution in [0.1, 0.15) is 12.8 Å². The zero-order valence-corrected chi connectivity index (χ0v) is 11.5. The lowest BCUT2D eigenvalue weighted by Crippen LogP contribution is -2.31. The molecule has 0 unspecified atom stereocenters. The number of amides is 2. The quantitative estimate of drug-likeness (QED) is 0.472. The number of hydrogen-bond donors (Lipinski definition) is 0. The molecule has 19 heavy (non-hydrogen) atoms. The van der Waals surface area contributed by atoms with Gasteiger partial charge in [-0.2, -0.15) is 0 Å². The minimum absolute atomic E-state index is 0.0409. The molecule has 3 rings (SSSR count). The van der Waals surface area contributed by atoms with Gasteiger partial charge in [0.25, 0.3) is 0 Å². The van der Waals surface area contributed by atoms with Gasteiger partial charge in [-0.3, -0.25) is 9.59 Å². The van der Waals surface area contributed by atoms with E-state index in [0.29, 0.717) is 12.8 Å². The Morgan fingerprint density at radius 3 is 2.21 bits per heavy atom. The molecule has 1 aromatic rings. The van der Waals surface area contributed by atoms with Crippen LogP contribution in [-0.2, 0) is 9.59 Å².